The highest BCUT2D eigenvalue weighted by atomic mass is 79.9. The van der Waals surface area contributed by atoms with E-state index in [1.165, 1.54) is 6.07 Å². The number of nitrogens with one attached hydrogen (secondary N) is 1. The number of halogens is 2. The van der Waals surface area contributed by atoms with Crippen LogP contribution in [0.2, 0.25) is 0 Å². The van der Waals surface area contributed by atoms with Crippen molar-refractivity contribution in [2.24, 2.45) is 0 Å². The number of aryl methyl sites for hydroxylation is 1. The number of hydrogen-bond donors (Lipinski definition) is 2. The van der Waals surface area contributed by atoms with Crippen LogP contribution in [0.1, 0.15) is 10.7 Å². The lowest BCUT2D eigenvalue weighted by molar-refractivity contribution is 0.622. The topological polar surface area (TPSA) is 50.9 Å². The molecule has 0 radical (unpaired) electrons. The van der Waals surface area contributed by atoms with Crippen molar-refractivity contribution in [3.63, 3.8) is 0 Å². The molecular weight excluding hydrogens is 305 g/mol. The van der Waals surface area contributed by atoms with Gasteiger partial charge in [-0.3, -0.25) is 0 Å². The zero-order chi connectivity index (χ0) is 12.4. The number of nitrogens with zero attached hydrogens (tertiary/aromatic N) is 1. The van der Waals surface area contributed by atoms with E-state index >= 15 is 0 Å². The number of hydrogen-bond acceptors (Lipinski definition) is 4. The Balaban J connectivity index is 2.11. The highest BCUT2D eigenvalue weighted by Crippen LogP contribution is 2.27. The second-order valence-corrected chi connectivity index (χ2v) is 5.39. The molecule has 1 aromatic carbocycles. The smallest absolute Gasteiger partial charge is 0.139 e. The molecule has 0 saturated heterocycles. The van der Waals surface area contributed by atoms with Crippen LogP contribution < -0.4 is 11.1 Å². The summed E-state index contributed by atoms with van der Waals surface area (Å²) in [5.41, 5.74) is 7.86. The first-order valence-corrected chi connectivity index (χ1v) is 6.63. The third kappa shape index (κ3) is 2.95. The molecule has 2 rings (SSSR count). The van der Waals surface area contributed by atoms with Crippen LogP contribution in [0.4, 0.5) is 15.8 Å². The van der Waals surface area contributed by atoms with Gasteiger partial charge in [0, 0.05) is 17.1 Å². The molecule has 0 aliphatic rings. The van der Waals surface area contributed by atoms with Gasteiger partial charge in [0.1, 0.15) is 10.8 Å². The Morgan fingerprint density at radius 1 is 1.53 bits per heavy atom. The third-order valence-electron chi connectivity index (χ3n) is 2.19. The van der Waals surface area contributed by atoms with E-state index in [9.17, 15) is 4.39 Å². The van der Waals surface area contributed by atoms with Crippen molar-refractivity contribution in [3.05, 3.63) is 38.5 Å². The van der Waals surface area contributed by atoms with Gasteiger partial charge in [-0.25, -0.2) is 9.37 Å². The quantitative estimate of drug-likeness (QED) is 0.852. The van der Waals surface area contributed by atoms with E-state index in [1.807, 2.05) is 12.3 Å². The minimum Gasteiger partial charge on any atom is -0.397 e. The standard InChI is InChI=1S/C11H11BrFN3S/c1-6-5-17-11(16-6)4-15-10-3-8(13)7(12)2-9(10)14/h2-3,5,15H,4,14H2,1H3. The van der Waals surface area contributed by atoms with Crippen LogP contribution >= 0.6 is 27.3 Å². The number of anilines is 2. The highest BCUT2D eigenvalue weighted by molar-refractivity contribution is 9.10. The molecule has 1 heterocycles. The fraction of sp³-hybridized carbons (Fsp3) is 0.182. The van der Waals surface area contributed by atoms with Gasteiger partial charge in [-0.2, -0.15) is 0 Å². The number of rotatable bonds is 3. The molecular formula is C11H11BrFN3S. The van der Waals surface area contributed by atoms with Crippen LogP contribution in [0, 0.1) is 12.7 Å². The third-order valence-corrected chi connectivity index (χ3v) is 3.76. The van der Waals surface area contributed by atoms with E-state index in [0.29, 0.717) is 22.4 Å². The maximum Gasteiger partial charge on any atom is 0.139 e. The van der Waals surface area contributed by atoms with Crippen LogP contribution in [0.25, 0.3) is 0 Å². The van der Waals surface area contributed by atoms with Crippen LogP contribution in [0.3, 0.4) is 0 Å². The van der Waals surface area contributed by atoms with Gasteiger partial charge < -0.3 is 11.1 Å². The van der Waals surface area contributed by atoms with Crippen molar-refractivity contribution < 1.29 is 4.39 Å². The first-order chi connectivity index (χ1) is 8.06. The van der Waals surface area contributed by atoms with E-state index < -0.39 is 0 Å². The van der Waals surface area contributed by atoms with Crippen LogP contribution in [-0.4, -0.2) is 4.98 Å². The molecule has 17 heavy (non-hydrogen) atoms. The number of benzene rings is 1. The molecule has 2 aromatic rings. The Morgan fingerprint density at radius 2 is 2.29 bits per heavy atom. The average molecular weight is 316 g/mol. The molecule has 1 aromatic heterocycles. The number of thiazole rings is 1. The normalized spacial score (nSPS) is 10.5. The maximum absolute atomic E-state index is 13.3. The lowest BCUT2D eigenvalue weighted by Gasteiger charge is -2.08. The van der Waals surface area contributed by atoms with Crippen molar-refractivity contribution in [2.75, 3.05) is 11.1 Å². The Hall–Kier alpha value is -1.14. The fourth-order valence-electron chi connectivity index (χ4n) is 1.37. The second kappa shape index (κ2) is 5.01. The second-order valence-electron chi connectivity index (χ2n) is 3.59. The maximum atomic E-state index is 13.3. The summed E-state index contributed by atoms with van der Waals surface area (Å²) in [6.07, 6.45) is 0. The summed E-state index contributed by atoms with van der Waals surface area (Å²) >= 11 is 4.65. The summed E-state index contributed by atoms with van der Waals surface area (Å²) in [6.45, 7) is 2.48. The summed E-state index contributed by atoms with van der Waals surface area (Å²) in [4.78, 5) is 4.31. The molecule has 90 valence electrons. The summed E-state index contributed by atoms with van der Waals surface area (Å²) in [7, 11) is 0. The zero-order valence-electron chi connectivity index (χ0n) is 9.13. The van der Waals surface area contributed by atoms with Gasteiger partial charge in [-0.1, -0.05) is 0 Å². The van der Waals surface area contributed by atoms with Crippen LogP contribution in [0.5, 0.6) is 0 Å². The molecule has 3 N–H and O–H groups in total. The predicted octanol–water partition coefficient (Wildman–Crippen LogP) is 3.55. The fourth-order valence-corrected chi connectivity index (χ4v) is 2.44. The van der Waals surface area contributed by atoms with Gasteiger partial charge in [-0.15, -0.1) is 11.3 Å². The summed E-state index contributed by atoms with van der Waals surface area (Å²) in [5.74, 6) is -0.336. The van der Waals surface area contributed by atoms with Crippen molar-refractivity contribution in [1.29, 1.82) is 0 Å². The van der Waals surface area contributed by atoms with E-state index in [1.54, 1.807) is 17.4 Å². The largest absolute Gasteiger partial charge is 0.397 e. The molecule has 0 spiro atoms. The first kappa shape index (κ1) is 12.3. The minimum atomic E-state index is -0.336. The van der Waals surface area contributed by atoms with Crippen LogP contribution in [0.15, 0.2) is 22.0 Å². The monoisotopic (exact) mass is 315 g/mol. The number of nitrogens with two attached hydrogens (primary N) is 1. The van der Waals surface area contributed by atoms with E-state index in [4.69, 9.17) is 5.73 Å². The van der Waals surface area contributed by atoms with Gasteiger partial charge >= 0.3 is 0 Å². The molecule has 6 heteroatoms. The minimum absolute atomic E-state index is 0.336. The van der Waals surface area contributed by atoms with E-state index in [-0.39, 0.29) is 5.82 Å². The molecule has 0 unspecified atom stereocenters. The van der Waals surface area contributed by atoms with Crippen molar-refractivity contribution >= 4 is 38.6 Å². The molecule has 0 bridgehead atoms. The first-order valence-electron chi connectivity index (χ1n) is 4.95. The van der Waals surface area contributed by atoms with Crippen molar-refractivity contribution in [2.45, 2.75) is 13.5 Å². The average Bonchev–Trinajstić information content (AvgIpc) is 2.68. The summed E-state index contributed by atoms with van der Waals surface area (Å²) in [5, 5.41) is 6.00. The Kier molecular flexibility index (Phi) is 3.63. The summed E-state index contributed by atoms with van der Waals surface area (Å²) < 4.78 is 13.7. The zero-order valence-corrected chi connectivity index (χ0v) is 11.5. The SMILES string of the molecule is Cc1csc(CNc2cc(F)c(Br)cc2N)n1. The van der Waals surface area contributed by atoms with E-state index in [2.05, 4.69) is 26.2 Å². The van der Waals surface area contributed by atoms with Crippen molar-refractivity contribution in [1.82, 2.24) is 4.98 Å². The lowest BCUT2D eigenvalue weighted by atomic mass is 10.2. The molecule has 0 saturated carbocycles. The van der Waals surface area contributed by atoms with Crippen molar-refractivity contribution in [3.8, 4) is 0 Å². The molecule has 0 fully saturated rings. The highest BCUT2D eigenvalue weighted by Gasteiger charge is 2.06. The van der Waals surface area contributed by atoms with Gasteiger partial charge in [0.25, 0.3) is 0 Å². The molecule has 0 aliphatic carbocycles. The molecule has 3 nitrogen and oxygen atoms in total. The van der Waals surface area contributed by atoms with Gasteiger partial charge in [-0.05, 0) is 28.9 Å². The summed E-state index contributed by atoms with van der Waals surface area (Å²) in [6, 6.07) is 2.92. The Labute approximate surface area is 111 Å². The predicted molar refractivity (Wildman–Crippen MR) is 72.7 cm³/mol. The Morgan fingerprint density at radius 3 is 2.94 bits per heavy atom. The number of aromatic nitrogens is 1. The number of nitrogen functional groups attached to an aromatic ring is 1. The van der Waals surface area contributed by atoms with E-state index in [0.717, 1.165) is 10.7 Å². The molecule has 0 aliphatic heterocycles. The van der Waals surface area contributed by atoms with Gasteiger partial charge in [0.05, 0.1) is 22.4 Å². The molecule has 0 amide bonds. The lowest BCUT2D eigenvalue weighted by Crippen LogP contribution is -2.03. The van der Waals surface area contributed by atoms with Gasteiger partial charge in [0.2, 0.25) is 0 Å². The molecule has 0 atom stereocenters. The Bertz CT molecular complexity index is 542. The van der Waals surface area contributed by atoms with Gasteiger partial charge in [0.15, 0.2) is 0 Å². The van der Waals surface area contributed by atoms with Crippen LogP contribution in [-0.2, 0) is 6.54 Å².